The summed E-state index contributed by atoms with van der Waals surface area (Å²) in [6, 6.07) is 16.4. The molecule has 0 spiro atoms. The number of benzene rings is 3. The van der Waals surface area contributed by atoms with Crippen molar-refractivity contribution in [2.75, 3.05) is 14.2 Å². The highest BCUT2D eigenvalue weighted by molar-refractivity contribution is 5.99. The van der Waals surface area contributed by atoms with Crippen LogP contribution in [0, 0.1) is 0 Å². The zero-order valence-corrected chi connectivity index (χ0v) is 14.4. The van der Waals surface area contributed by atoms with Crippen molar-refractivity contribution in [1.82, 2.24) is 5.43 Å². The molecule has 0 radical (unpaired) electrons. The Kier molecular flexibility index (Phi) is 5.03. The van der Waals surface area contributed by atoms with Gasteiger partial charge in [0.15, 0.2) is 11.5 Å². The van der Waals surface area contributed by atoms with Gasteiger partial charge in [0.25, 0.3) is 5.91 Å². The Morgan fingerprint density at radius 2 is 1.65 bits per heavy atom. The zero-order chi connectivity index (χ0) is 18.5. The number of nitrogens with one attached hydrogen (secondary N) is 1. The van der Waals surface area contributed by atoms with Crippen LogP contribution in [0.2, 0.25) is 0 Å². The van der Waals surface area contributed by atoms with E-state index < -0.39 is 0 Å². The molecule has 0 saturated heterocycles. The maximum Gasteiger partial charge on any atom is 0.271 e. The lowest BCUT2D eigenvalue weighted by Crippen LogP contribution is -2.17. The van der Waals surface area contributed by atoms with Crippen LogP contribution in [0.3, 0.4) is 0 Å². The van der Waals surface area contributed by atoms with Crippen LogP contribution in [-0.4, -0.2) is 31.4 Å². The van der Waals surface area contributed by atoms with Gasteiger partial charge in [0, 0.05) is 11.1 Å². The van der Waals surface area contributed by atoms with Crippen molar-refractivity contribution >= 4 is 22.9 Å². The summed E-state index contributed by atoms with van der Waals surface area (Å²) < 4.78 is 10.2. The Balaban J connectivity index is 1.76. The molecule has 6 heteroatoms. The van der Waals surface area contributed by atoms with Crippen LogP contribution in [0.4, 0.5) is 0 Å². The van der Waals surface area contributed by atoms with Crippen molar-refractivity contribution in [3.05, 3.63) is 65.7 Å². The molecular formula is C20H18N2O4. The first-order valence-electron chi connectivity index (χ1n) is 7.89. The van der Waals surface area contributed by atoms with E-state index >= 15 is 0 Å². The van der Waals surface area contributed by atoms with Gasteiger partial charge in [-0.3, -0.25) is 4.79 Å². The summed E-state index contributed by atoms with van der Waals surface area (Å²) in [5.41, 5.74) is 3.61. The van der Waals surface area contributed by atoms with Gasteiger partial charge in [-0.25, -0.2) is 5.43 Å². The first-order chi connectivity index (χ1) is 12.6. The number of hydrazone groups is 1. The van der Waals surface area contributed by atoms with Gasteiger partial charge in [-0.15, -0.1) is 0 Å². The van der Waals surface area contributed by atoms with E-state index in [2.05, 4.69) is 10.5 Å². The predicted octanol–water partition coefficient (Wildman–Crippen LogP) is 3.33. The molecule has 3 aromatic carbocycles. The number of amides is 1. The molecule has 2 N–H and O–H groups in total. The number of carbonyl (C=O) groups is 1. The first kappa shape index (κ1) is 17.3. The number of nitrogens with zero attached hydrogens (tertiary/aromatic N) is 1. The second-order valence-corrected chi connectivity index (χ2v) is 5.54. The third-order valence-corrected chi connectivity index (χ3v) is 3.89. The van der Waals surface area contributed by atoms with Gasteiger partial charge in [0.1, 0.15) is 0 Å². The third-order valence-electron chi connectivity index (χ3n) is 3.89. The maximum absolute atomic E-state index is 12.3. The van der Waals surface area contributed by atoms with Crippen molar-refractivity contribution in [1.29, 1.82) is 0 Å². The number of hydrogen-bond acceptors (Lipinski definition) is 5. The fraction of sp³-hybridized carbons (Fsp3) is 0.100. The molecule has 6 nitrogen and oxygen atoms in total. The summed E-state index contributed by atoms with van der Waals surface area (Å²) in [5.74, 6) is 0.107. The highest BCUT2D eigenvalue weighted by atomic mass is 16.5. The monoisotopic (exact) mass is 350 g/mol. The van der Waals surface area contributed by atoms with Gasteiger partial charge in [-0.2, -0.15) is 5.10 Å². The highest BCUT2D eigenvalue weighted by Crippen LogP contribution is 2.36. The number of methoxy groups -OCH3 is 2. The van der Waals surface area contributed by atoms with Crippen LogP contribution >= 0.6 is 0 Å². The molecule has 1 amide bonds. The minimum Gasteiger partial charge on any atom is -0.502 e. The van der Waals surface area contributed by atoms with E-state index in [1.807, 2.05) is 36.4 Å². The molecule has 0 unspecified atom stereocenters. The van der Waals surface area contributed by atoms with E-state index in [-0.39, 0.29) is 23.2 Å². The lowest BCUT2D eigenvalue weighted by molar-refractivity contribution is 0.0955. The summed E-state index contributed by atoms with van der Waals surface area (Å²) in [6.07, 6.45) is 1.45. The van der Waals surface area contributed by atoms with Crippen LogP contribution in [0.25, 0.3) is 10.8 Å². The third kappa shape index (κ3) is 3.59. The molecular weight excluding hydrogens is 332 g/mol. The van der Waals surface area contributed by atoms with Gasteiger partial charge >= 0.3 is 0 Å². The maximum atomic E-state index is 12.3. The van der Waals surface area contributed by atoms with E-state index in [0.29, 0.717) is 11.1 Å². The van der Waals surface area contributed by atoms with Crippen molar-refractivity contribution in [2.24, 2.45) is 5.10 Å². The molecule has 0 aliphatic carbocycles. The number of carbonyl (C=O) groups excluding carboxylic acids is 1. The average Bonchev–Trinajstić information content (AvgIpc) is 2.68. The Morgan fingerprint density at radius 3 is 2.31 bits per heavy atom. The van der Waals surface area contributed by atoms with E-state index in [1.54, 1.807) is 18.2 Å². The molecule has 26 heavy (non-hydrogen) atoms. The Bertz CT molecular complexity index is 957. The molecule has 3 aromatic rings. The fourth-order valence-corrected chi connectivity index (χ4v) is 2.55. The lowest BCUT2D eigenvalue weighted by Gasteiger charge is -2.09. The van der Waals surface area contributed by atoms with Crippen LogP contribution in [0.15, 0.2) is 59.7 Å². The number of phenols is 1. The van der Waals surface area contributed by atoms with Crippen molar-refractivity contribution in [3.63, 3.8) is 0 Å². The largest absolute Gasteiger partial charge is 0.502 e. The normalized spacial score (nSPS) is 10.8. The van der Waals surface area contributed by atoms with E-state index in [0.717, 1.165) is 10.8 Å². The van der Waals surface area contributed by atoms with Crippen LogP contribution in [0.1, 0.15) is 15.9 Å². The van der Waals surface area contributed by atoms with E-state index in [1.165, 1.54) is 20.4 Å². The van der Waals surface area contributed by atoms with Gasteiger partial charge in [0.2, 0.25) is 5.75 Å². The van der Waals surface area contributed by atoms with Crippen LogP contribution < -0.4 is 14.9 Å². The Labute approximate surface area is 150 Å². The van der Waals surface area contributed by atoms with Gasteiger partial charge < -0.3 is 14.6 Å². The highest BCUT2D eigenvalue weighted by Gasteiger charge is 2.10. The van der Waals surface area contributed by atoms with Crippen molar-refractivity contribution < 1.29 is 19.4 Å². The zero-order valence-electron chi connectivity index (χ0n) is 14.4. The second kappa shape index (κ2) is 7.57. The predicted molar refractivity (Wildman–Crippen MR) is 100 cm³/mol. The number of rotatable bonds is 5. The van der Waals surface area contributed by atoms with Crippen molar-refractivity contribution in [3.8, 4) is 17.2 Å². The molecule has 0 aromatic heterocycles. The molecule has 0 bridgehead atoms. The molecule has 0 atom stereocenters. The standard InChI is InChI=1S/C20H18N2O4/c1-25-17-9-13(10-18(26-2)19(17)23)12-21-22-20(24)16-8-7-14-5-3-4-6-15(14)11-16/h3-12,23H,1-2H3,(H,22,24). The fourth-order valence-electron chi connectivity index (χ4n) is 2.55. The van der Waals surface area contributed by atoms with Gasteiger partial charge in [-0.05, 0) is 35.0 Å². The lowest BCUT2D eigenvalue weighted by atomic mass is 10.1. The van der Waals surface area contributed by atoms with Crippen LogP contribution in [0.5, 0.6) is 17.2 Å². The van der Waals surface area contributed by atoms with Crippen molar-refractivity contribution in [2.45, 2.75) is 0 Å². The number of phenolic OH excluding ortho intramolecular Hbond substituents is 1. The number of aromatic hydroxyl groups is 1. The number of hydrogen-bond donors (Lipinski definition) is 2. The topological polar surface area (TPSA) is 80.2 Å². The van der Waals surface area contributed by atoms with Crippen LogP contribution in [-0.2, 0) is 0 Å². The summed E-state index contributed by atoms with van der Waals surface area (Å²) in [6.45, 7) is 0. The summed E-state index contributed by atoms with van der Waals surface area (Å²) in [7, 11) is 2.88. The summed E-state index contributed by atoms with van der Waals surface area (Å²) in [5, 5.41) is 15.9. The average molecular weight is 350 g/mol. The molecule has 0 aliphatic rings. The van der Waals surface area contributed by atoms with Gasteiger partial charge in [0.05, 0.1) is 20.4 Å². The SMILES string of the molecule is COc1cc(C=NNC(=O)c2ccc3ccccc3c2)cc(OC)c1O. The minimum atomic E-state index is -0.315. The number of ether oxygens (including phenoxy) is 2. The Hall–Kier alpha value is -3.54. The molecule has 0 aliphatic heterocycles. The quantitative estimate of drug-likeness (QED) is 0.546. The molecule has 0 fully saturated rings. The molecule has 0 heterocycles. The second-order valence-electron chi connectivity index (χ2n) is 5.54. The smallest absolute Gasteiger partial charge is 0.271 e. The minimum absolute atomic E-state index is 0.0904. The number of fused-ring (bicyclic) bond motifs is 1. The first-order valence-corrected chi connectivity index (χ1v) is 7.89. The summed E-state index contributed by atoms with van der Waals surface area (Å²) >= 11 is 0. The Morgan fingerprint density at radius 1 is 1.00 bits per heavy atom. The molecule has 0 saturated carbocycles. The molecule has 132 valence electrons. The molecule has 3 rings (SSSR count). The van der Waals surface area contributed by atoms with E-state index in [4.69, 9.17) is 9.47 Å². The van der Waals surface area contributed by atoms with Gasteiger partial charge in [-0.1, -0.05) is 30.3 Å². The van der Waals surface area contributed by atoms with E-state index in [9.17, 15) is 9.90 Å². The summed E-state index contributed by atoms with van der Waals surface area (Å²) in [4.78, 5) is 12.3.